The average Bonchev–Trinajstić information content (AvgIpc) is 2.01. The van der Waals surface area contributed by atoms with Crippen LogP contribution in [0.3, 0.4) is 0 Å². The second-order valence-corrected chi connectivity index (χ2v) is 4.40. The Morgan fingerprint density at radius 1 is 1.58 bits per heavy atom. The van der Waals surface area contributed by atoms with E-state index in [1.807, 2.05) is 6.92 Å². The Balaban J connectivity index is 3.05. The van der Waals surface area contributed by atoms with Crippen molar-refractivity contribution in [2.45, 2.75) is 11.8 Å². The Morgan fingerprint density at radius 2 is 2.25 bits per heavy atom. The number of hydrogen-bond acceptors (Lipinski definition) is 2. The first-order valence-electron chi connectivity index (χ1n) is 3.52. The SMILES string of the molecule is CCSc1cc(Br)c(F)cc1N. The van der Waals surface area contributed by atoms with Gasteiger partial charge in [-0.25, -0.2) is 4.39 Å². The molecule has 0 saturated carbocycles. The molecule has 0 spiro atoms. The number of thioether (sulfide) groups is 1. The Hall–Kier alpha value is -0.220. The number of nitrogens with two attached hydrogens (primary N) is 1. The number of hydrogen-bond donors (Lipinski definition) is 1. The van der Waals surface area contributed by atoms with Gasteiger partial charge in [0.2, 0.25) is 0 Å². The standard InChI is InChI=1S/C8H9BrFNS/c1-2-12-8-3-5(9)6(10)4-7(8)11/h3-4H,2,11H2,1H3. The van der Waals surface area contributed by atoms with E-state index in [1.54, 1.807) is 17.8 Å². The minimum atomic E-state index is -0.312. The van der Waals surface area contributed by atoms with Crippen molar-refractivity contribution in [1.82, 2.24) is 0 Å². The number of rotatable bonds is 2. The Labute approximate surface area is 83.7 Å². The van der Waals surface area contributed by atoms with Crippen molar-refractivity contribution in [3.05, 3.63) is 22.4 Å². The van der Waals surface area contributed by atoms with Crippen LogP contribution in [-0.2, 0) is 0 Å². The maximum atomic E-state index is 12.9. The first-order chi connectivity index (χ1) is 5.65. The molecule has 0 aliphatic rings. The van der Waals surface area contributed by atoms with Gasteiger partial charge in [-0.2, -0.15) is 0 Å². The van der Waals surface area contributed by atoms with Crippen molar-refractivity contribution in [2.75, 3.05) is 11.5 Å². The lowest BCUT2D eigenvalue weighted by Crippen LogP contribution is -1.91. The van der Waals surface area contributed by atoms with Gasteiger partial charge in [0.15, 0.2) is 0 Å². The molecule has 0 radical (unpaired) electrons. The molecule has 1 aromatic carbocycles. The summed E-state index contributed by atoms with van der Waals surface area (Å²) >= 11 is 4.71. The van der Waals surface area contributed by atoms with Crippen molar-refractivity contribution in [2.24, 2.45) is 0 Å². The van der Waals surface area contributed by atoms with E-state index >= 15 is 0 Å². The van der Waals surface area contributed by atoms with Crippen LogP contribution in [0, 0.1) is 5.82 Å². The summed E-state index contributed by atoms with van der Waals surface area (Å²) in [6.07, 6.45) is 0. The van der Waals surface area contributed by atoms with E-state index in [1.165, 1.54) is 6.07 Å². The van der Waals surface area contributed by atoms with E-state index < -0.39 is 0 Å². The van der Waals surface area contributed by atoms with Crippen LogP contribution in [0.5, 0.6) is 0 Å². The highest BCUT2D eigenvalue weighted by Crippen LogP contribution is 2.29. The molecule has 0 aliphatic heterocycles. The van der Waals surface area contributed by atoms with Crippen LogP contribution in [0.2, 0.25) is 0 Å². The molecule has 1 rings (SSSR count). The van der Waals surface area contributed by atoms with Gasteiger partial charge in [0.05, 0.1) is 4.47 Å². The summed E-state index contributed by atoms with van der Waals surface area (Å²) in [6, 6.07) is 3.04. The Morgan fingerprint density at radius 3 is 2.83 bits per heavy atom. The smallest absolute Gasteiger partial charge is 0.139 e. The molecule has 0 saturated heterocycles. The van der Waals surface area contributed by atoms with Gasteiger partial charge < -0.3 is 5.73 Å². The molecule has 66 valence electrons. The van der Waals surface area contributed by atoms with Gasteiger partial charge in [-0.3, -0.25) is 0 Å². The minimum absolute atomic E-state index is 0.312. The van der Waals surface area contributed by atoms with Gasteiger partial charge in [0.1, 0.15) is 5.82 Å². The molecule has 0 aromatic heterocycles. The fourth-order valence-corrected chi connectivity index (χ4v) is 2.06. The maximum absolute atomic E-state index is 12.9. The largest absolute Gasteiger partial charge is 0.398 e. The van der Waals surface area contributed by atoms with E-state index in [0.29, 0.717) is 10.2 Å². The zero-order valence-electron chi connectivity index (χ0n) is 6.60. The Bertz CT molecular complexity index is 291. The first-order valence-corrected chi connectivity index (χ1v) is 5.30. The molecule has 1 nitrogen and oxygen atoms in total. The predicted octanol–water partition coefficient (Wildman–Crippen LogP) is 3.28. The molecule has 0 aliphatic carbocycles. The molecule has 0 heterocycles. The van der Waals surface area contributed by atoms with Gasteiger partial charge in [0, 0.05) is 10.6 Å². The van der Waals surface area contributed by atoms with E-state index in [9.17, 15) is 4.39 Å². The van der Waals surface area contributed by atoms with Crippen molar-refractivity contribution >= 4 is 33.4 Å². The summed E-state index contributed by atoms with van der Waals surface area (Å²) in [7, 11) is 0. The quantitative estimate of drug-likeness (QED) is 0.643. The van der Waals surface area contributed by atoms with Crippen molar-refractivity contribution in [3.8, 4) is 0 Å². The van der Waals surface area contributed by atoms with Crippen molar-refractivity contribution in [1.29, 1.82) is 0 Å². The lowest BCUT2D eigenvalue weighted by molar-refractivity contribution is 0.620. The minimum Gasteiger partial charge on any atom is -0.398 e. The van der Waals surface area contributed by atoms with E-state index in [-0.39, 0.29) is 5.82 Å². The van der Waals surface area contributed by atoms with Gasteiger partial charge in [-0.05, 0) is 33.8 Å². The zero-order valence-corrected chi connectivity index (χ0v) is 9.01. The van der Waals surface area contributed by atoms with Crippen LogP contribution >= 0.6 is 27.7 Å². The van der Waals surface area contributed by atoms with Crippen molar-refractivity contribution < 1.29 is 4.39 Å². The highest BCUT2D eigenvalue weighted by atomic mass is 79.9. The van der Waals surface area contributed by atoms with E-state index in [0.717, 1.165) is 10.6 Å². The lowest BCUT2D eigenvalue weighted by Gasteiger charge is -2.04. The predicted molar refractivity (Wildman–Crippen MR) is 54.9 cm³/mol. The van der Waals surface area contributed by atoms with Gasteiger partial charge in [-0.15, -0.1) is 11.8 Å². The zero-order chi connectivity index (χ0) is 9.14. The fraction of sp³-hybridized carbons (Fsp3) is 0.250. The van der Waals surface area contributed by atoms with Crippen LogP contribution < -0.4 is 5.73 Å². The third-order valence-corrected chi connectivity index (χ3v) is 2.91. The molecular formula is C8H9BrFNS. The monoisotopic (exact) mass is 249 g/mol. The fourth-order valence-electron chi connectivity index (χ4n) is 0.824. The normalized spacial score (nSPS) is 10.2. The highest BCUT2D eigenvalue weighted by Gasteiger charge is 2.04. The van der Waals surface area contributed by atoms with Gasteiger partial charge >= 0.3 is 0 Å². The van der Waals surface area contributed by atoms with Crippen LogP contribution in [0.1, 0.15) is 6.92 Å². The van der Waals surface area contributed by atoms with Gasteiger partial charge in [0.25, 0.3) is 0 Å². The van der Waals surface area contributed by atoms with Crippen LogP contribution in [-0.4, -0.2) is 5.75 Å². The Kier molecular flexibility index (Phi) is 3.40. The molecule has 0 fully saturated rings. The maximum Gasteiger partial charge on any atom is 0.139 e. The van der Waals surface area contributed by atoms with Gasteiger partial charge in [-0.1, -0.05) is 6.92 Å². The highest BCUT2D eigenvalue weighted by molar-refractivity contribution is 9.10. The molecule has 0 atom stereocenters. The number of nitrogen functional groups attached to an aromatic ring is 1. The van der Waals surface area contributed by atoms with Crippen LogP contribution in [0.15, 0.2) is 21.5 Å². The first kappa shape index (κ1) is 9.86. The lowest BCUT2D eigenvalue weighted by atomic mass is 10.3. The third-order valence-electron chi connectivity index (χ3n) is 1.35. The number of benzene rings is 1. The van der Waals surface area contributed by atoms with Crippen LogP contribution in [0.4, 0.5) is 10.1 Å². The molecular weight excluding hydrogens is 241 g/mol. The summed E-state index contributed by atoms with van der Waals surface area (Å²) in [6.45, 7) is 2.03. The molecule has 12 heavy (non-hydrogen) atoms. The molecule has 0 bridgehead atoms. The summed E-state index contributed by atoms with van der Waals surface area (Å²) in [5.41, 5.74) is 6.10. The second kappa shape index (κ2) is 4.14. The molecule has 0 amide bonds. The third kappa shape index (κ3) is 2.14. The summed E-state index contributed by atoms with van der Waals surface area (Å²) < 4.78 is 13.3. The molecule has 1 aromatic rings. The molecule has 0 unspecified atom stereocenters. The van der Waals surface area contributed by atoms with E-state index in [4.69, 9.17) is 5.73 Å². The van der Waals surface area contributed by atoms with E-state index in [2.05, 4.69) is 15.9 Å². The summed E-state index contributed by atoms with van der Waals surface area (Å²) in [5.74, 6) is 0.621. The number of anilines is 1. The second-order valence-electron chi connectivity index (χ2n) is 2.24. The molecule has 2 N–H and O–H groups in total. The summed E-state index contributed by atoms with van der Waals surface area (Å²) in [4.78, 5) is 0.922. The summed E-state index contributed by atoms with van der Waals surface area (Å²) in [5, 5.41) is 0. The average molecular weight is 250 g/mol. The topological polar surface area (TPSA) is 26.0 Å². The van der Waals surface area contributed by atoms with Crippen LogP contribution in [0.25, 0.3) is 0 Å². The van der Waals surface area contributed by atoms with Crippen molar-refractivity contribution in [3.63, 3.8) is 0 Å². The molecule has 4 heteroatoms. The number of halogens is 2.